The number of benzene rings is 1. The molecule has 26 heavy (non-hydrogen) atoms. The van der Waals surface area contributed by atoms with Crippen molar-refractivity contribution in [1.29, 1.82) is 0 Å². The molecule has 2 aromatic rings. The Bertz CT molecular complexity index is 764. The SMILES string of the molecule is CCc1c(OCc2ccc(OCCCF)cc2)cnn(C(C)(C)C)c1=O. The van der Waals surface area contributed by atoms with Gasteiger partial charge in [-0.3, -0.25) is 9.18 Å². The zero-order valence-corrected chi connectivity index (χ0v) is 15.9. The molecular formula is C20H27FN2O3. The van der Waals surface area contributed by atoms with Crippen LogP contribution in [0.4, 0.5) is 4.39 Å². The van der Waals surface area contributed by atoms with Crippen molar-refractivity contribution in [3.05, 3.63) is 51.9 Å². The summed E-state index contributed by atoms with van der Waals surface area (Å²) >= 11 is 0. The van der Waals surface area contributed by atoms with Crippen LogP contribution in [0.25, 0.3) is 0 Å². The van der Waals surface area contributed by atoms with E-state index in [1.807, 2.05) is 52.0 Å². The first kappa shape index (κ1) is 19.9. The molecule has 1 heterocycles. The number of hydrogen-bond donors (Lipinski definition) is 0. The summed E-state index contributed by atoms with van der Waals surface area (Å²) in [5, 5.41) is 4.25. The lowest BCUT2D eigenvalue weighted by Crippen LogP contribution is -2.37. The molecule has 0 spiro atoms. The van der Waals surface area contributed by atoms with E-state index < -0.39 is 0 Å². The second-order valence-corrected chi connectivity index (χ2v) is 7.05. The maximum absolute atomic E-state index is 12.6. The summed E-state index contributed by atoms with van der Waals surface area (Å²) in [6.07, 6.45) is 2.58. The minimum absolute atomic E-state index is 0.117. The van der Waals surface area contributed by atoms with Crippen LogP contribution in [0.3, 0.4) is 0 Å². The van der Waals surface area contributed by atoms with E-state index in [2.05, 4.69) is 5.10 Å². The molecule has 1 aromatic heterocycles. The Kier molecular flexibility index (Phi) is 6.77. The third kappa shape index (κ3) is 5.07. The Hall–Kier alpha value is -2.37. The Morgan fingerprint density at radius 3 is 2.42 bits per heavy atom. The monoisotopic (exact) mass is 362 g/mol. The maximum Gasteiger partial charge on any atom is 0.274 e. The van der Waals surface area contributed by atoms with Crippen molar-refractivity contribution in [2.45, 2.75) is 52.7 Å². The van der Waals surface area contributed by atoms with Crippen LogP contribution in [-0.2, 0) is 18.6 Å². The van der Waals surface area contributed by atoms with Crippen LogP contribution < -0.4 is 15.0 Å². The van der Waals surface area contributed by atoms with E-state index in [0.717, 1.165) is 5.56 Å². The third-order valence-corrected chi connectivity index (χ3v) is 3.89. The maximum atomic E-state index is 12.6. The third-order valence-electron chi connectivity index (χ3n) is 3.89. The van der Waals surface area contributed by atoms with Crippen molar-refractivity contribution < 1.29 is 13.9 Å². The van der Waals surface area contributed by atoms with Gasteiger partial charge in [0.15, 0.2) is 0 Å². The van der Waals surface area contributed by atoms with E-state index in [1.54, 1.807) is 6.20 Å². The van der Waals surface area contributed by atoms with Gasteiger partial charge >= 0.3 is 0 Å². The van der Waals surface area contributed by atoms with Gasteiger partial charge in [0.05, 0.1) is 30.6 Å². The molecule has 0 bridgehead atoms. The first-order valence-corrected chi connectivity index (χ1v) is 8.89. The standard InChI is InChI=1S/C20H27FN2O3/c1-5-17-18(13-22-23(19(17)24)20(2,3)4)26-14-15-7-9-16(10-8-15)25-12-6-11-21/h7-10,13H,5-6,11-12,14H2,1-4H3. The summed E-state index contributed by atoms with van der Waals surface area (Å²) in [6, 6.07) is 7.43. The predicted molar refractivity (Wildman–Crippen MR) is 99.7 cm³/mol. The van der Waals surface area contributed by atoms with Crippen LogP contribution in [0.5, 0.6) is 11.5 Å². The molecule has 2 rings (SSSR count). The lowest BCUT2D eigenvalue weighted by Gasteiger charge is -2.22. The average molecular weight is 362 g/mol. The lowest BCUT2D eigenvalue weighted by molar-refractivity contribution is 0.284. The smallest absolute Gasteiger partial charge is 0.274 e. The zero-order valence-electron chi connectivity index (χ0n) is 15.9. The van der Waals surface area contributed by atoms with Crippen LogP contribution in [0.2, 0.25) is 0 Å². The molecule has 0 atom stereocenters. The zero-order chi connectivity index (χ0) is 19.2. The van der Waals surface area contributed by atoms with Crippen molar-refractivity contribution in [3.8, 4) is 11.5 Å². The Balaban J connectivity index is 2.07. The van der Waals surface area contributed by atoms with Gasteiger partial charge in [-0.25, -0.2) is 4.68 Å². The predicted octanol–water partition coefficient (Wildman–Crippen LogP) is 3.88. The Morgan fingerprint density at radius 2 is 1.85 bits per heavy atom. The van der Waals surface area contributed by atoms with Gasteiger partial charge in [-0.1, -0.05) is 19.1 Å². The van der Waals surface area contributed by atoms with Crippen molar-refractivity contribution in [2.24, 2.45) is 0 Å². The van der Waals surface area contributed by atoms with Crippen LogP contribution in [0.1, 0.15) is 45.2 Å². The summed E-state index contributed by atoms with van der Waals surface area (Å²) in [5.74, 6) is 1.21. The highest BCUT2D eigenvalue weighted by Crippen LogP contribution is 2.19. The average Bonchev–Trinajstić information content (AvgIpc) is 2.60. The van der Waals surface area contributed by atoms with Crippen molar-refractivity contribution in [3.63, 3.8) is 0 Å². The van der Waals surface area contributed by atoms with Gasteiger partial charge in [0, 0.05) is 6.42 Å². The van der Waals surface area contributed by atoms with Crippen molar-refractivity contribution >= 4 is 0 Å². The van der Waals surface area contributed by atoms with E-state index in [0.29, 0.717) is 43.1 Å². The number of nitrogens with zero attached hydrogens (tertiary/aromatic N) is 2. The topological polar surface area (TPSA) is 53.4 Å². The molecule has 0 aliphatic carbocycles. The summed E-state index contributed by atoms with van der Waals surface area (Å²) in [6.45, 7) is 8.07. The normalized spacial score (nSPS) is 11.4. The summed E-state index contributed by atoms with van der Waals surface area (Å²) in [4.78, 5) is 12.6. The largest absolute Gasteiger partial charge is 0.494 e. The molecule has 0 N–H and O–H groups in total. The van der Waals surface area contributed by atoms with Crippen molar-refractivity contribution in [1.82, 2.24) is 9.78 Å². The number of alkyl halides is 1. The van der Waals surface area contributed by atoms with E-state index in [1.165, 1.54) is 4.68 Å². The molecule has 0 aliphatic heterocycles. The highest BCUT2D eigenvalue weighted by molar-refractivity contribution is 5.30. The van der Waals surface area contributed by atoms with Crippen molar-refractivity contribution in [2.75, 3.05) is 13.3 Å². The number of rotatable bonds is 8. The van der Waals surface area contributed by atoms with Crippen LogP contribution >= 0.6 is 0 Å². The van der Waals surface area contributed by atoms with E-state index in [9.17, 15) is 9.18 Å². The van der Waals surface area contributed by atoms with Crippen LogP contribution in [0, 0.1) is 0 Å². The van der Waals surface area contributed by atoms with Gasteiger partial charge in [0.25, 0.3) is 5.56 Å². The molecule has 0 radical (unpaired) electrons. The lowest BCUT2D eigenvalue weighted by atomic mass is 10.1. The van der Waals surface area contributed by atoms with Gasteiger partial charge in [-0.05, 0) is 44.9 Å². The molecule has 0 unspecified atom stereocenters. The fourth-order valence-corrected chi connectivity index (χ4v) is 2.49. The number of halogens is 1. The van der Waals surface area contributed by atoms with Crippen LogP contribution in [-0.4, -0.2) is 23.1 Å². The molecule has 5 nitrogen and oxygen atoms in total. The number of hydrogen-bond acceptors (Lipinski definition) is 4. The van der Waals surface area contributed by atoms with Crippen LogP contribution in [0.15, 0.2) is 35.3 Å². The second kappa shape index (κ2) is 8.83. The van der Waals surface area contributed by atoms with Gasteiger partial charge in [0.1, 0.15) is 18.1 Å². The van der Waals surface area contributed by atoms with Gasteiger partial charge < -0.3 is 9.47 Å². The minimum Gasteiger partial charge on any atom is -0.494 e. The van der Waals surface area contributed by atoms with Gasteiger partial charge in [0.2, 0.25) is 0 Å². The first-order valence-electron chi connectivity index (χ1n) is 8.89. The summed E-state index contributed by atoms with van der Waals surface area (Å²) in [5.41, 5.74) is 1.08. The minimum atomic E-state index is -0.381. The molecule has 0 amide bonds. The molecule has 0 fully saturated rings. The van der Waals surface area contributed by atoms with E-state index in [4.69, 9.17) is 9.47 Å². The van der Waals surface area contributed by atoms with Gasteiger partial charge in [-0.2, -0.15) is 5.10 Å². The molecular weight excluding hydrogens is 335 g/mol. The molecule has 6 heteroatoms. The number of aromatic nitrogens is 2. The Labute approximate surface area is 153 Å². The van der Waals surface area contributed by atoms with E-state index in [-0.39, 0.29) is 17.8 Å². The first-order chi connectivity index (χ1) is 12.4. The molecule has 0 saturated heterocycles. The molecule has 0 saturated carbocycles. The molecule has 142 valence electrons. The second-order valence-electron chi connectivity index (χ2n) is 7.05. The van der Waals surface area contributed by atoms with Gasteiger partial charge in [-0.15, -0.1) is 0 Å². The molecule has 1 aromatic carbocycles. The summed E-state index contributed by atoms with van der Waals surface area (Å²) < 4.78 is 24.8. The fraction of sp³-hybridized carbons (Fsp3) is 0.500. The molecule has 0 aliphatic rings. The summed E-state index contributed by atoms with van der Waals surface area (Å²) in [7, 11) is 0. The quantitative estimate of drug-likeness (QED) is 0.669. The number of ether oxygens (including phenoxy) is 2. The highest BCUT2D eigenvalue weighted by Gasteiger charge is 2.20. The Morgan fingerprint density at radius 1 is 1.15 bits per heavy atom. The highest BCUT2D eigenvalue weighted by atomic mass is 19.1. The van der Waals surface area contributed by atoms with E-state index >= 15 is 0 Å². The fourth-order valence-electron chi connectivity index (χ4n) is 2.49.